The van der Waals surface area contributed by atoms with Crippen molar-refractivity contribution < 1.29 is 4.39 Å². The van der Waals surface area contributed by atoms with Gasteiger partial charge in [0.15, 0.2) is 0 Å². The number of rotatable bonds is 4. The first kappa shape index (κ1) is 14.8. The van der Waals surface area contributed by atoms with Gasteiger partial charge >= 0.3 is 0 Å². The molecule has 1 atom stereocenters. The van der Waals surface area contributed by atoms with Crippen LogP contribution in [-0.2, 0) is 0 Å². The summed E-state index contributed by atoms with van der Waals surface area (Å²) in [6.07, 6.45) is 0. The summed E-state index contributed by atoms with van der Waals surface area (Å²) in [5.41, 5.74) is 9.88. The number of nitrogens with two attached hydrogens (primary N) is 1. The van der Waals surface area contributed by atoms with E-state index in [1.165, 1.54) is 29.3 Å². The van der Waals surface area contributed by atoms with Gasteiger partial charge in [-0.3, -0.25) is 0 Å². The number of aryl methyl sites for hydroxylation is 2. The molecule has 4 heteroatoms. The molecule has 1 unspecified atom stereocenters. The smallest absolute Gasteiger partial charge is 0.125 e. The Labute approximate surface area is 123 Å². The van der Waals surface area contributed by atoms with Crippen molar-refractivity contribution in [2.24, 2.45) is 5.73 Å². The van der Waals surface area contributed by atoms with Gasteiger partial charge in [-0.25, -0.2) is 4.39 Å². The molecule has 0 aromatic heterocycles. The highest BCUT2D eigenvalue weighted by Crippen LogP contribution is 2.27. The Balaban J connectivity index is 2.28. The predicted molar refractivity (Wildman–Crippen MR) is 82.7 cm³/mol. The molecule has 0 bridgehead atoms. The zero-order chi connectivity index (χ0) is 14.7. The fourth-order valence-corrected chi connectivity index (χ4v) is 2.23. The van der Waals surface area contributed by atoms with Gasteiger partial charge in [-0.1, -0.05) is 29.8 Å². The second kappa shape index (κ2) is 6.25. The first-order valence-electron chi connectivity index (χ1n) is 6.50. The van der Waals surface area contributed by atoms with Crippen LogP contribution in [0.5, 0.6) is 0 Å². The largest absolute Gasteiger partial charge is 0.376 e. The number of hydrogen-bond donors (Lipinski definition) is 2. The number of hydrogen-bond acceptors (Lipinski definition) is 2. The third-order valence-corrected chi connectivity index (χ3v) is 3.76. The molecule has 2 aromatic rings. The van der Waals surface area contributed by atoms with E-state index in [9.17, 15) is 4.39 Å². The monoisotopic (exact) mass is 292 g/mol. The molecular weight excluding hydrogens is 275 g/mol. The van der Waals surface area contributed by atoms with Crippen molar-refractivity contribution in [2.45, 2.75) is 19.9 Å². The highest BCUT2D eigenvalue weighted by Gasteiger charge is 2.12. The SMILES string of the molecule is Cc1ccc(C(CN)Nc2cc(F)ccc2Cl)cc1C. The minimum absolute atomic E-state index is 0.103. The number of halogens is 2. The Morgan fingerprint density at radius 3 is 2.55 bits per heavy atom. The predicted octanol–water partition coefficient (Wildman–Crippen LogP) is 4.21. The standard InChI is InChI=1S/C16H18ClFN2/c1-10-3-4-12(7-11(10)2)16(9-19)20-15-8-13(18)5-6-14(15)17/h3-8,16,20H,9,19H2,1-2H3. The van der Waals surface area contributed by atoms with E-state index in [1.54, 1.807) is 0 Å². The Bertz CT molecular complexity index is 613. The molecule has 2 aromatic carbocycles. The van der Waals surface area contributed by atoms with E-state index in [-0.39, 0.29) is 11.9 Å². The van der Waals surface area contributed by atoms with Gasteiger partial charge in [0.05, 0.1) is 16.8 Å². The molecule has 106 valence electrons. The summed E-state index contributed by atoms with van der Waals surface area (Å²) in [7, 11) is 0. The van der Waals surface area contributed by atoms with Crippen LogP contribution < -0.4 is 11.1 Å². The molecule has 0 saturated carbocycles. The third-order valence-electron chi connectivity index (χ3n) is 3.43. The van der Waals surface area contributed by atoms with E-state index >= 15 is 0 Å². The van der Waals surface area contributed by atoms with Crippen molar-refractivity contribution in [1.82, 2.24) is 0 Å². The van der Waals surface area contributed by atoms with Crippen LogP contribution in [0.2, 0.25) is 5.02 Å². The molecule has 0 radical (unpaired) electrons. The quantitative estimate of drug-likeness (QED) is 0.886. The lowest BCUT2D eigenvalue weighted by Gasteiger charge is -2.20. The fraction of sp³-hybridized carbons (Fsp3) is 0.250. The van der Waals surface area contributed by atoms with Crippen molar-refractivity contribution in [1.29, 1.82) is 0 Å². The molecule has 0 amide bonds. The Hall–Kier alpha value is -1.58. The molecule has 0 fully saturated rings. The van der Waals surface area contributed by atoms with Crippen molar-refractivity contribution in [2.75, 3.05) is 11.9 Å². The van der Waals surface area contributed by atoms with Crippen LogP contribution in [0, 0.1) is 19.7 Å². The number of anilines is 1. The molecule has 2 nitrogen and oxygen atoms in total. The van der Waals surface area contributed by atoms with Crippen molar-refractivity contribution in [3.63, 3.8) is 0 Å². The van der Waals surface area contributed by atoms with Gasteiger partial charge in [0.2, 0.25) is 0 Å². The van der Waals surface area contributed by atoms with Gasteiger partial charge < -0.3 is 11.1 Å². The maximum atomic E-state index is 13.3. The summed E-state index contributed by atoms with van der Waals surface area (Å²) in [5, 5.41) is 3.68. The first-order chi connectivity index (χ1) is 9.51. The summed E-state index contributed by atoms with van der Waals surface area (Å²) in [6.45, 7) is 4.52. The molecule has 3 N–H and O–H groups in total. The van der Waals surface area contributed by atoms with E-state index in [0.717, 1.165) is 5.56 Å². The molecular formula is C16H18ClFN2. The molecule has 0 saturated heterocycles. The van der Waals surface area contributed by atoms with Crippen molar-refractivity contribution in [3.8, 4) is 0 Å². The zero-order valence-electron chi connectivity index (χ0n) is 11.6. The molecule has 0 aliphatic rings. The van der Waals surface area contributed by atoms with Crippen molar-refractivity contribution in [3.05, 3.63) is 63.9 Å². The normalized spacial score (nSPS) is 12.2. The van der Waals surface area contributed by atoms with E-state index in [0.29, 0.717) is 17.3 Å². The average Bonchev–Trinajstić information content (AvgIpc) is 2.43. The first-order valence-corrected chi connectivity index (χ1v) is 6.88. The van der Waals surface area contributed by atoms with Crippen LogP contribution in [0.25, 0.3) is 0 Å². The summed E-state index contributed by atoms with van der Waals surface area (Å²) < 4.78 is 13.3. The zero-order valence-corrected chi connectivity index (χ0v) is 12.3. The highest BCUT2D eigenvalue weighted by atomic mass is 35.5. The van der Waals surface area contributed by atoms with Gasteiger partial charge in [0.25, 0.3) is 0 Å². The average molecular weight is 293 g/mol. The van der Waals surface area contributed by atoms with Gasteiger partial charge in [0, 0.05) is 6.54 Å². The van der Waals surface area contributed by atoms with Crippen LogP contribution in [0.15, 0.2) is 36.4 Å². The maximum absolute atomic E-state index is 13.3. The molecule has 0 aliphatic carbocycles. The van der Waals surface area contributed by atoms with Gasteiger partial charge in [-0.05, 0) is 48.7 Å². The van der Waals surface area contributed by atoms with Crippen LogP contribution in [0.1, 0.15) is 22.7 Å². The van der Waals surface area contributed by atoms with E-state index < -0.39 is 0 Å². The topological polar surface area (TPSA) is 38.0 Å². The van der Waals surface area contributed by atoms with Crippen LogP contribution in [0.3, 0.4) is 0 Å². The minimum atomic E-state index is -0.326. The van der Waals surface area contributed by atoms with E-state index in [2.05, 4.69) is 31.3 Å². The summed E-state index contributed by atoms with van der Waals surface area (Å²) in [4.78, 5) is 0. The fourth-order valence-electron chi connectivity index (χ4n) is 2.06. The Morgan fingerprint density at radius 1 is 1.15 bits per heavy atom. The maximum Gasteiger partial charge on any atom is 0.125 e. The lowest BCUT2D eigenvalue weighted by molar-refractivity contribution is 0.627. The van der Waals surface area contributed by atoms with Crippen LogP contribution in [0.4, 0.5) is 10.1 Å². The molecule has 0 heterocycles. The lowest BCUT2D eigenvalue weighted by Crippen LogP contribution is -2.21. The molecule has 0 spiro atoms. The van der Waals surface area contributed by atoms with Gasteiger partial charge in [-0.2, -0.15) is 0 Å². The molecule has 20 heavy (non-hydrogen) atoms. The molecule has 0 aliphatic heterocycles. The Morgan fingerprint density at radius 2 is 1.90 bits per heavy atom. The third kappa shape index (κ3) is 3.30. The highest BCUT2D eigenvalue weighted by molar-refractivity contribution is 6.33. The van der Waals surface area contributed by atoms with Crippen LogP contribution in [-0.4, -0.2) is 6.54 Å². The van der Waals surface area contributed by atoms with E-state index in [4.69, 9.17) is 17.3 Å². The molecule has 2 rings (SSSR count). The van der Waals surface area contributed by atoms with Gasteiger partial charge in [0.1, 0.15) is 5.82 Å². The lowest BCUT2D eigenvalue weighted by atomic mass is 10.0. The number of nitrogens with one attached hydrogen (secondary N) is 1. The summed E-state index contributed by atoms with van der Waals surface area (Å²) >= 11 is 6.07. The second-order valence-corrected chi connectivity index (χ2v) is 5.31. The van der Waals surface area contributed by atoms with E-state index in [1.807, 2.05) is 6.07 Å². The summed E-state index contributed by atoms with van der Waals surface area (Å²) in [6, 6.07) is 10.3. The van der Waals surface area contributed by atoms with Crippen molar-refractivity contribution >= 4 is 17.3 Å². The van der Waals surface area contributed by atoms with Crippen LogP contribution >= 0.6 is 11.6 Å². The minimum Gasteiger partial charge on any atom is -0.376 e. The number of benzene rings is 2. The second-order valence-electron chi connectivity index (χ2n) is 4.90. The Kier molecular flexibility index (Phi) is 4.63. The van der Waals surface area contributed by atoms with Gasteiger partial charge in [-0.15, -0.1) is 0 Å². The summed E-state index contributed by atoms with van der Waals surface area (Å²) in [5.74, 6) is -0.326.